The third kappa shape index (κ3) is 15.9. The van der Waals surface area contributed by atoms with Gasteiger partial charge in [-0.15, -0.1) is 0 Å². The Bertz CT molecular complexity index is 22.8. The minimum atomic E-state index is -0.181. The zero-order chi connectivity index (χ0) is 3.41. The minimum absolute atomic E-state index is 0. The van der Waals surface area contributed by atoms with Gasteiger partial charge in [-0.1, -0.05) is 0 Å². The van der Waals surface area contributed by atoms with Gasteiger partial charge in [0.1, 0.15) is 0 Å². The van der Waals surface area contributed by atoms with Crippen molar-refractivity contribution in [3.05, 3.63) is 0 Å². The van der Waals surface area contributed by atoms with Crippen LogP contribution < -0.4 is 56.6 Å². The summed E-state index contributed by atoms with van der Waals surface area (Å²) in [6.07, 6.45) is 0. The van der Waals surface area contributed by atoms with E-state index in [1.165, 1.54) is 0 Å². The third-order valence-electron chi connectivity index (χ3n) is 0.0393. The van der Waals surface area contributed by atoms with Crippen LogP contribution in [0, 0.1) is 0 Å². The fraction of sp³-hybridized carbons (Fsp3) is 0. The van der Waals surface area contributed by atoms with Crippen molar-refractivity contribution in [1.82, 2.24) is 0 Å². The van der Waals surface area contributed by atoms with Crippen molar-refractivity contribution in [2.75, 3.05) is 0 Å². The molecule has 0 rings (SSSR count). The quantitative estimate of drug-likeness (QED) is 0.158. The third-order valence-corrected chi connectivity index (χ3v) is 0.0393. The number of carbonyl (C=O) groups excluding carboxylic acids is 1. The largest absolute Gasteiger partial charge is 1.00 e. The van der Waals surface area contributed by atoms with Crippen molar-refractivity contribution >= 4 is 57.9 Å². The monoisotopic (exact) mass is 139 g/mol. The molecule has 5 heteroatoms. The van der Waals surface area contributed by atoms with E-state index in [1.807, 2.05) is 0 Å². The Labute approximate surface area is 121 Å². The molecule has 0 aliphatic heterocycles. The van der Waals surface area contributed by atoms with E-state index in [9.17, 15) is 0 Å². The molecule has 25 valence electrons. The molecule has 0 aliphatic carbocycles. The van der Waals surface area contributed by atoms with Crippen molar-refractivity contribution in [3.63, 3.8) is 0 Å². The van der Waals surface area contributed by atoms with Gasteiger partial charge in [-0.25, -0.2) is 0 Å². The van der Waals surface area contributed by atoms with E-state index in [-0.39, 0.29) is 109 Å². The molecular weight excluding hydrogens is 138 g/mol. The fourth-order valence-corrected chi connectivity index (χ4v) is 0. The summed E-state index contributed by atoms with van der Waals surface area (Å²) in [7, 11) is 0. The average molecular weight is 139 g/mol. The van der Waals surface area contributed by atoms with Crippen LogP contribution in [0.4, 0.5) is 0 Å². The summed E-state index contributed by atoms with van der Waals surface area (Å²) in [6.45, 7) is -0.181. The van der Waals surface area contributed by atoms with Crippen LogP contribution in [-0.2, 0) is 9.68 Å². The maximum Gasteiger partial charge on any atom is 1.00 e. The predicted molar refractivity (Wildman–Crippen MR) is 12.9 cm³/mol. The predicted octanol–water partition coefficient (Wildman–Crippen LogP) is -4.94. The second kappa shape index (κ2) is 15.6. The van der Waals surface area contributed by atoms with Crippen molar-refractivity contribution in [2.45, 2.75) is 0 Å². The number of rotatable bonds is 1. The summed E-state index contributed by atoms with van der Waals surface area (Å²) in [5.74, 6) is 0. The first-order valence-corrected chi connectivity index (χ1v) is 0.638. The molecule has 0 aromatic heterocycles. The molecule has 0 unspecified atom stereocenters. The standard InChI is InChI=1S/CH2O3.2K/c2-1-4-3;;/h1,3H;;/q;;+1/p-1. The number of hydrogen-bond acceptors (Lipinski definition) is 3. The molecule has 0 N–H and O–H groups in total. The van der Waals surface area contributed by atoms with Crippen LogP contribution in [0.5, 0.6) is 0 Å². The van der Waals surface area contributed by atoms with E-state index in [0.29, 0.717) is 0 Å². The zero-order valence-electron chi connectivity index (χ0n) is 3.80. The SMILES string of the molecule is O=CO[O-].[K+].[K]. The number of carbonyl (C=O) groups is 1. The Kier molecular flexibility index (Phi) is 41.4. The summed E-state index contributed by atoms with van der Waals surface area (Å²) in [5, 5.41) is 8.43. The fourth-order valence-electron chi connectivity index (χ4n) is 0. The summed E-state index contributed by atoms with van der Waals surface area (Å²) in [6, 6.07) is 0. The van der Waals surface area contributed by atoms with Crippen LogP contribution in [0.2, 0.25) is 0 Å². The minimum Gasteiger partial charge on any atom is -0.662 e. The van der Waals surface area contributed by atoms with E-state index in [2.05, 4.69) is 4.89 Å². The van der Waals surface area contributed by atoms with Gasteiger partial charge < -0.3 is 10.1 Å². The van der Waals surface area contributed by atoms with E-state index in [0.717, 1.165) is 0 Å². The molecule has 0 bridgehead atoms. The molecule has 0 heterocycles. The molecular formula is CHK2O3. The summed E-state index contributed by atoms with van der Waals surface area (Å²) < 4.78 is 0. The van der Waals surface area contributed by atoms with Crippen molar-refractivity contribution in [2.24, 2.45) is 0 Å². The first kappa shape index (κ1) is 15.9. The molecule has 6 heavy (non-hydrogen) atoms. The Morgan fingerprint density at radius 2 is 1.83 bits per heavy atom. The molecule has 0 fully saturated rings. The molecule has 0 saturated carbocycles. The van der Waals surface area contributed by atoms with Crippen molar-refractivity contribution in [3.8, 4) is 0 Å². The Morgan fingerprint density at radius 3 is 1.83 bits per heavy atom. The first-order chi connectivity index (χ1) is 1.91. The van der Waals surface area contributed by atoms with Gasteiger partial charge >= 0.3 is 51.4 Å². The van der Waals surface area contributed by atoms with Crippen LogP contribution in [0.25, 0.3) is 0 Å². The molecule has 0 aromatic rings. The maximum absolute atomic E-state index is 8.64. The summed E-state index contributed by atoms with van der Waals surface area (Å²) in [4.78, 5) is 11.2. The molecule has 0 aromatic carbocycles. The second-order valence-corrected chi connectivity index (χ2v) is 0.192. The Balaban J connectivity index is -0.0000000450. The van der Waals surface area contributed by atoms with Gasteiger partial charge in [0, 0.05) is 51.4 Å². The van der Waals surface area contributed by atoms with Gasteiger partial charge in [0.25, 0.3) is 6.47 Å². The van der Waals surface area contributed by atoms with Gasteiger partial charge in [0.15, 0.2) is 0 Å². The number of hydrogen-bond donors (Lipinski definition) is 0. The van der Waals surface area contributed by atoms with E-state index in [4.69, 9.17) is 10.1 Å². The van der Waals surface area contributed by atoms with Crippen molar-refractivity contribution in [1.29, 1.82) is 0 Å². The molecule has 0 atom stereocenters. The smallest absolute Gasteiger partial charge is 0.662 e. The first-order valence-electron chi connectivity index (χ1n) is 0.638. The van der Waals surface area contributed by atoms with Gasteiger partial charge in [0.05, 0.1) is 0 Å². The molecule has 0 aliphatic rings. The molecule has 0 spiro atoms. The topological polar surface area (TPSA) is 49.4 Å². The van der Waals surface area contributed by atoms with E-state index >= 15 is 0 Å². The van der Waals surface area contributed by atoms with Crippen LogP contribution in [0.15, 0.2) is 0 Å². The molecule has 0 saturated heterocycles. The maximum atomic E-state index is 8.64. The van der Waals surface area contributed by atoms with Gasteiger partial charge in [-0.2, -0.15) is 0 Å². The van der Waals surface area contributed by atoms with E-state index in [1.54, 1.807) is 0 Å². The zero-order valence-corrected chi connectivity index (χ0v) is 10.0. The van der Waals surface area contributed by atoms with Crippen LogP contribution in [0.3, 0.4) is 0 Å². The van der Waals surface area contributed by atoms with Crippen LogP contribution >= 0.6 is 0 Å². The Hall–Kier alpha value is 2.70. The normalized spacial score (nSPS) is 3.50. The second-order valence-electron chi connectivity index (χ2n) is 0.192. The summed E-state index contributed by atoms with van der Waals surface area (Å²) in [5.41, 5.74) is 0. The van der Waals surface area contributed by atoms with E-state index < -0.39 is 0 Å². The van der Waals surface area contributed by atoms with Gasteiger partial charge in [-0.05, 0) is 0 Å². The Morgan fingerprint density at radius 1 is 1.67 bits per heavy atom. The van der Waals surface area contributed by atoms with Gasteiger partial charge in [-0.3, -0.25) is 4.79 Å². The average Bonchev–Trinajstić information content (AvgIpc) is 1.37. The van der Waals surface area contributed by atoms with Crippen LogP contribution in [0.1, 0.15) is 0 Å². The van der Waals surface area contributed by atoms with Crippen molar-refractivity contribution < 1.29 is 66.3 Å². The van der Waals surface area contributed by atoms with Crippen LogP contribution in [-0.4, -0.2) is 57.9 Å². The molecule has 0 amide bonds. The van der Waals surface area contributed by atoms with Gasteiger partial charge in [0.2, 0.25) is 0 Å². The molecule has 1 radical (unpaired) electrons. The summed E-state index contributed by atoms with van der Waals surface area (Å²) >= 11 is 0. The molecule has 3 nitrogen and oxygen atoms in total.